The Kier molecular flexibility index (Phi) is 3.61. The maximum atomic E-state index is 4.77. The van der Waals surface area contributed by atoms with Crippen LogP contribution >= 0.6 is 0 Å². The fraction of sp³-hybridized carbons (Fsp3) is 0.455. The first-order chi connectivity index (χ1) is 12.4. The second kappa shape index (κ2) is 5.98. The Hall–Kier alpha value is -2.16. The number of nitrogens with zero attached hydrogens (tertiary/aromatic N) is 3. The summed E-state index contributed by atoms with van der Waals surface area (Å²) in [5, 5.41) is 12.1. The average molecular weight is 331 g/mol. The van der Waals surface area contributed by atoms with Gasteiger partial charge in [0.1, 0.15) is 11.6 Å². The van der Waals surface area contributed by atoms with E-state index in [1.54, 1.807) is 0 Å². The zero-order valence-electron chi connectivity index (χ0n) is 14.7. The monoisotopic (exact) mass is 331 g/mol. The van der Waals surface area contributed by atoms with Crippen molar-refractivity contribution in [3.05, 3.63) is 59.7 Å². The summed E-state index contributed by atoms with van der Waals surface area (Å²) in [7, 11) is 0. The average Bonchev–Trinajstić information content (AvgIpc) is 2.96. The van der Waals surface area contributed by atoms with E-state index in [0.717, 1.165) is 13.0 Å². The summed E-state index contributed by atoms with van der Waals surface area (Å²) < 4.78 is 2.47. The van der Waals surface area contributed by atoms with Gasteiger partial charge in [0.2, 0.25) is 0 Å². The fourth-order valence-corrected chi connectivity index (χ4v) is 4.80. The van der Waals surface area contributed by atoms with Gasteiger partial charge in [0.05, 0.1) is 5.41 Å². The van der Waals surface area contributed by atoms with Gasteiger partial charge in [0, 0.05) is 13.0 Å². The molecule has 128 valence electrons. The first-order valence-electron chi connectivity index (χ1n) is 9.79. The van der Waals surface area contributed by atoms with Crippen molar-refractivity contribution in [2.24, 2.45) is 0 Å². The van der Waals surface area contributed by atoms with Crippen LogP contribution in [0.2, 0.25) is 0 Å². The molecule has 0 radical (unpaired) electrons. The molecule has 3 nitrogen and oxygen atoms in total. The highest BCUT2D eigenvalue weighted by Crippen LogP contribution is 2.50. The van der Waals surface area contributed by atoms with Gasteiger partial charge in [0.15, 0.2) is 0 Å². The number of fused-ring (bicyclic) bond motifs is 2. The van der Waals surface area contributed by atoms with E-state index in [0.29, 0.717) is 0 Å². The van der Waals surface area contributed by atoms with Crippen molar-refractivity contribution in [2.75, 3.05) is 0 Å². The van der Waals surface area contributed by atoms with Crippen molar-refractivity contribution < 1.29 is 0 Å². The molecule has 0 amide bonds. The van der Waals surface area contributed by atoms with Gasteiger partial charge in [-0.1, -0.05) is 61.7 Å². The minimum Gasteiger partial charge on any atom is -0.314 e. The molecule has 25 heavy (non-hydrogen) atoms. The maximum absolute atomic E-state index is 4.77. The predicted octanol–water partition coefficient (Wildman–Crippen LogP) is 5.02. The van der Waals surface area contributed by atoms with E-state index in [2.05, 4.69) is 52.1 Å². The van der Waals surface area contributed by atoms with Crippen LogP contribution in [-0.4, -0.2) is 14.8 Å². The molecule has 1 aliphatic heterocycles. The summed E-state index contributed by atoms with van der Waals surface area (Å²) in [6.07, 6.45) is 9.92. The molecule has 1 aliphatic carbocycles. The van der Waals surface area contributed by atoms with E-state index >= 15 is 0 Å². The van der Waals surface area contributed by atoms with Crippen molar-refractivity contribution in [3.63, 3.8) is 0 Å². The second-order valence-corrected chi connectivity index (χ2v) is 7.72. The zero-order valence-corrected chi connectivity index (χ0v) is 14.7. The lowest BCUT2D eigenvalue weighted by atomic mass is 9.62. The SMILES string of the molecule is c1ccc2c(C3(c4nnc5n4CCCCCC5)CCC3)cccc2c1. The maximum Gasteiger partial charge on any atom is 0.143 e. The predicted molar refractivity (Wildman–Crippen MR) is 101 cm³/mol. The van der Waals surface area contributed by atoms with Gasteiger partial charge in [-0.25, -0.2) is 0 Å². The number of aromatic nitrogens is 3. The lowest BCUT2D eigenvalue weighted by molar-refractivity contribution is 0.274. The molecular weight excluding hydrogens is 306 g/mol. The smallest absolute Gasteiger partial charge is 0.143 e. The van der Waals surface area contributed by atoms with Crippen LogP contribution in [0.3, 0.4) is 0 Å². The first kappa shape index (κ1) is 15.1. The van der Waals surface area contributed by atoms with Crippen LogP contribution in [0, 0.1) is 0 Å². The lowest BCUT2D eigenvalue weighted by Crippen LogP contribution is -2.39. The lowest BCUT2D eigenvalue weighted by Gasteiger charge is -2.42. The van der Waals surface area contributed by atoms with Gasteiger partial charge in [0.25, 0.3) is 0 Å². The van der Waals surface area contributed by atoms with Crippen LogP contribution in [0.25, 0.3) is 10.8 Å². The normalized spacial score (nSPS) is 19.7. The van der Waals surface area contributed by atoms with E-state index in [9.17, 15) is 0 Å². The molecule has 3 aromatic rings. The van der Waals surface area contributed by atoms with Gasteiger partial charge in [-0.3, -0.25) is 0 Å². The molecular formula is C22H25N3. The molecule has 1 fully saturated rings. The highest BCUT2D eigenvalue weighted by molar-refractivity contribution is 5.87. The number of benzene rings is 2. The van der Waals surface area contributed by atoms with Gasteiger partial charge in [-0.05, 0) is 42.0 Å². The Morgan fingerprint density at radius 2 is 1.64 bits per heavy atom. The highest BCUT2D eigenvalue weighted by Gasteiger charge is 2.45. The van der Waals surface area contributed by atoms with Gasteiger partial charge < -0.3 is 4.57 Å². The van der Waals surface area contributed by atoms with Gasteiger partial charge in [-0.15, -0.1) is 10.2 Å². The Labute approximate surface area is 149 Å². The Morgan fingerprint density at radius 3 is 2.52 bits per heavy atom. The molecule has 2 aliphatic rings. The van der Waals surface area contributed by atoms with Crippen molar-refractivity contribution in [1.82, 2.24) is 14.8 Å². The summed E-state index contributed by atoms with van der Waals surface area (Å²) >= 11 is 0. The van der Waals surface area contributed by atoms with E-state index in [4.69, 9.17) is 5.10 Å². The Bertz CT molecular complexity index is 899. The highest BCUT2D eigenvalue weighted by atomic mass is 15.3. The summed E-state index contributed by atoms with van der Waals surface area (Å²) in [4.78, 5) is 0. The van der Waals surface area contributed by atoms with Crippen LogP contribution in [0.15, 0.2) is 42.5 Å². The Balaban J connectivity index is 1.68. The first-order valence-corrected chi connectivity index (χ1v) is 9.79. The molecule has 3 heteroatoms. The molecule has 1 aromatic heterocycles. The third-order valence-corrected chi connectivity index (χ3v) is 6.30. The van der Waals surface area contributed by atoms with E-state index in [-0.39, 0.29) is 5.41 Å². The largest absolute Gasteiger partial charge is 0.314 e. The zero-order chi connectivity index (χ0) is 16.7. The minimum atomic E-state index is 0.0608. The molecule has 0 bridgehead atoms. The number of aryl methyl sites for hydroxylation is 1. The molecule has 0 unspecified atom stereocenters. The van der Waals surface area contributed by atoms with E-state index < -0.39 is 0 Å². The molecule has 0 saturated heterocycles. The molecule has 5 rings (SSSR count). The quantitative estimate of drug-likeness (QED) is 0.660. The molecule has 2 aromatic carbocycles. The number of hydrogen-bond donors (Lipinski definition) is 0. The van der Waals surface area contributed by atoms with E-state index in [1.807, 2.05) is 0 Å². The van der Waals surface area contributed by atoms with Crippen molar-refractivity contribution in [1.29, 1.82) is 0 Å². The second-order valence-electron chi connectivity index (χ2n) is 7.72. The van der Waals surface area contributed by atoms with E-state index in [1.165, 1.54) is 72.9 Å². The molecule has 0 atom stereocenters. The fourth-order valence-electron chi connectivity index (χ4n) is 4.80. The minimum absolute atomic E-state index is 0.0608. The van der Waals surface area contributed by atoms with Gasteiger partial charge in [-0.2, -0.15) is 0 Å². The van der Waals surface area contributed by atoms with Crippen LogP contribution in [0.1, 0.15) is 62.2 Å². The molecule has 0 N–H and O–H groups in total. The molecule has 0 spiro atoms. The van der Waals surface area contributed by atoms with Crippen LogP contribution in [-0.2, 0) is 18.4 Å². The van der Waals surface area contributed by atoms with Crippen molar-refractivity contribution in [3.8, 4) is 0 Å². The number of rotatable bonds is 2. The summed E-state index contributed by atoms with van der Waals surface area (Å²) in [6, 6.07) is 15.5. The van der Waals surface area contributed by atoms with Crippen molar-refractivity contribution >= 4 is 10.8 Å². The third kappa shape index (κ3) is 2.32. The standard InChI is InChI=1S/C22H25N3/c1-2-6-16-25-20(13-3-1)23-24-21(25)22(14-8-15-22)19-12-7-10-17-9-4-5-11-18(17)19/h4-5,7,9-12H,1-3,6,8,13-16H2. The number of hydrogen-bond acceptors (Lipinski definition) is 2. The molecule has 1 saturated carbocycles. The van der Waals surface area contributed by atoms with Crippen LogP contribution in [0.5, 0.6) is 0 Å². The summed E-state index contributed by atoms with van der Waals surface area (Å²) in [6.45, 7) is 1.09. The summed E-state index contributed by atoms with van der Waals surface area (Å²) in [5.74, 6) is 2.44. The Morgan fingerprint density at radius 1 is 0.800 bits per heavy atom. The topological polar surface area (TPSA) is 30.7 Å². The van der Waals surface area contributed by atoms with Gasteiger partial charge >= 0.3 is 0 Å². The molecule has 2 heterocycles. The van der Waals surface area contributed by atoms with Crippen LogP contribution < -0.4 is 0 Å². The summed E-state index contributed by atoms with van der Waals surface area (Å²) in [5.41, 5.74) is 1.51. The van der Waals surface area contributed by atoms with Crippen LogP contribution in [0.4, 0.5) is 0 Å². The van der Waals surface area contributed by atoms with Crippen molar-refractivity contribution in [2.45, 2.75) is 63.3 Å². The third-order valence-electron chi connectivity index (χ3n) is 6.30.